The molecule has 2 rings (SSSR count). The maximum atomic E-state index is 11.1. The van der Waals surface area contributed by atoms with Crippen LogP contribution in [0.2, 0.25) is 0 Å². The smallest absolute Gasteiger partial charge is 0.326 e. The Bertz CT molecular complexity index is 581. The van der Waals surface area contributed by atoms with E-state index < -0.39 is 12.0 Å². The minimum absolute atomic E-state index is 0.533. The molecule has 1 aromatic heterocycles. The number of aromatic nitrogens is 1. The minimum atomic E-state index is -0.837. The number of fused-ring (bicyclic) bond motifs is 1. The summed E-state index contributed by atoms with van der Waals surface area (Å²) in [7, 11) is 0. The third kappa shape index (κ3) is 2.42. The molecule has 94 valence electrons. The molecule has 4 heteroatoms. The van der Waals surface area contributed by atoms with E-state index in [2.05, 4.69) is 10.3 Å². The van der Waals surface area contributed by atoms with E-state index in [1.54, 1.807) is 0 Å². The van der Waals surface area contributed by atoms with Crippen LogP contribution in [0.1, 0.15) is 19.0 Å². The number of nitrogens with one attached hydrogen (secondary N) is 1. The number of carboxylic acid groups (broad SMARTS) is 1. The largest absolute Gasteiger partial charge is 0.480 e. The third-order valence-electron chi connectivity index (χ3n) is 2.88. The molecule has 0 bridgehead atoms. The van der Waals surface area contributed by atoms with Gasteiger partial charge in [-0.2, -0.15) is 0 Å². The van der Waals surface area contributed by atoms with Crippen LogP contribution in [0.4, 0.5) is 5.69 Å². The molecule has 0 fully saturated rings. The number of para-hydroxylation sites is 1. The van der Waals surface area contributed by atoms with Crippen LogP contribution < -0.4 is 5.32 Å². The van der Waals surface area contributed by atoms with Crippen molar-refractivity contribution in [2.45, 2.75) is 26.3 Å². The summed E-state index contributed by atoms with van der Waals surface area (Å²) in [5, 5.41) is 13.1. The first kappa shape index (κ1) is 12.4. The summed E-state index contributed by atoms with van der Waals surface area (Å²) in [6, 6.07) is 9.02. The third-order valence-corrected chi connectivity index (χ3v) is 2.88. The van der Waals surface area contributed by atoms with Gasteiger partial charge in [-0.05, 0) is 25.5 Å². The molecule has 0 aliphatic rings. The fourth-order valence-corrected chi connectivity index (χ4v) is 1.95. The van der Waals surface area contributed by atoms with Gasteiger partial charge in [0.1, 0.15) is 6.04 Å². The van der Waals surface area contributed by atoms with Gasteiger partial charge in [0.25, 0.3) is 0 Å². The summed E-state index contributed by atoms with van der Waals surface area (Å²) in [5.41, 5.74) is 2.57. The Morgan fingerprint density at radius 3 is 2.83 bits per heavy atom. The van der Waals surface area contributed by atoms with Crippen LogP contribution in [0.25, 0.3) is 10.9 Å². The second kappa shape index (κ2) is 5.04. The number of carbonyl (C=O) groups is 1. The van der Waals surface area contributed by atoms with Gasteiger partial charge in [-0.15, -0.1) is 0 Å². The van der Waals surface area contributed by atoms with Crippen molar-refractivity contribution in [1.29, 1.82) is 0 Å². The molecule has 0 aliphatic heterocycles. The molecule has 0 saturated carbocycles. The molecule has 0 amide bonds. The average molecular weight is 244 g/mol. The summed E-state index contributed by atoms with van der Waals surface area (Å²) < 4.78 is 0. The van der Waals surface area contributed by atoms with E-state index in [9.17, 15) is 4.79 Å². The van der Waals surface area contributed by atoms with E-state index in [0.29, 0.717) is 6.42 Å². The number of rotatable bonds is 4. The Balaban J connectivity index is 2.46. The van der Waals surface area contributed by atoms with E-state index in [1.807, 2.05) is 44.2 Å². The molecule has 1 atom stereocenters. The van der Waals surface area contributed by atoms with Crippen molar-refractivity contribution in [3.05, 3.63) is 36.0 Å². The van der Waals surface area contributed by atoms with E-state index in [1.165, 1.54) is 0 Å². The van der Waals surface area contributed by atoms with Crippen molar-refractivity contribution in [3.8, 4) is 0 Å². The molecule has 4 nitrogen and oxygen atoms in total. The van der Waals surface area contributed by atoms with Crippen LogP contribution in [-0.4, -0.2) is 22.1 Å². The van der Waals surface area contributed by atoms with Gasteiger partial charge in [-0.1, -0.05) is 25.1 Å². The highest BCUT2D eigenvalue weighted by Gasteiger charge is 2.15. The first-order valence-electron chi connectivity index (χ1n) is 5.97. The maximum absolute atomic E-state index is 11.1. The van der Waals surface area contributed by atoms with Crippen LogP contribution in [0.5, 0.6) is 0 Å². The van der Waals surface area contributed by atoms with Gasteiger partial charge in [-0.25, -0.2) is 4.79 Å². The lowest BCUT2D eigenvalue weighted by atomic mass is 10.1. The number of hydrogen-bond acceptors (Lipinski definition) is 3. The van der Waals surface area contributed by atoms with Gasteiger partial charge in [0, 0.05) is 16.8 Å². The fourth-order valence-electron chi connectivity index (χ4n) is 1.95. The number of aliphatic carboxylic acids is 1. The maximum Gasteiger partial charge on any atom is 0.326 e. The molecule has 0 aliphatic carbocycles. The SMILES string of the molecule is CCC(Nc1cc(C)nc2ccccc12)C(=O)O. The summed E-state index contributed by atoms with van der Waals surface area (Å²) in [6.07, 6.45) is 0.533. The number of hydrogen-bond donors (Lipinski definition) is 2. The molecule has 18 heavy (non-hydrogen) atoms. The van der Waals surface area contributed by atoms with Gasteiger partial charge < -0.3 is 10.4 Å². The minimum Gasteiger partial charge on any atom is -0.480 e. The average Bonchev–Trinajstić information content (AvgIpc) is 2.35. The standard InChI is InChI=1S/C14H16N2O2/c1-3-11(14(17)18)16-13-8-9(2)15-12-7-5-4-6-10(12)13/h4-8,11H,3H2,1-2H3,(H,15,16)(H,17,18). The predicted molar refractivity (Wildman–Crippen MR) is 71.8 cm³/mol. The second-order valence-corrected chi connectivity index (χ2v) is 4.27. The van der Waals surface area contributed by atoms with Crippen LogP contribution in [0.15, 0.2) is 30.3 Å². The number of carboxylic acids is 1. The van der Waals surface area contributed by atoms with Crippen molar-refractivity contribution in [3.63, 3.8) is 0 Å². The zero-order valence-corrected chi connectivity index (χ0v) is 10.5. The summed E-state index contributed by atoms with van der Waals surface area (Å²) in [5.74, 6) is -0.837. The zero-order chi connectivity index (χ0) is 13.1. The zero-order valence-electron chi connectivity index (χ0n) is 10.5. The van der Waals surface area contributed by atoms with Crippen molar-refractivity contribution in [2.75, 3.05) is 5.32 Å². The van der Waals surface area contributed by atoms with Crippen molar-refractivity contribution >= 4 is 22.6 Å². The first-order valence-corrected chi connectivity index (χ1v) is 5.97. The molecular weight excluding hydrogens is 228 g/mol. The summed E-state index contributed by atoms with van der Waals surface area (Å²) >= 11 is 0. The molecule has 2 N–H and O–H groups in total. The van der Waals surface area contributed by atoms with Crippen molar-refractivity contribution in [1.82, 2.24) is 4.98 Å². The molecular formula is C14H16N2O2. The molecule has 0 spiro atoms. The van der Waals surface area contributed by atoms with Crippen LogP contribution in [0, 0.1) is 6.92 Å². The van der Waals surface area contributed by atoms with Gasteiger partial charge >= 0.3 is 5.97 Å². The highest BCUT2D eigenvalue weighted by Crippen LogP contribution is 2.23. The van der Waals surface area contributed by atoms with Crippen molar-refractivity contribution in [2.24, 2.45) is 0 Å². The number of pyridine rings is 1. The summed E-state index contributed by atoms with van der Waals surface area (Å²) in [6.45, 7) is 3.75. The Labute approximate surface area is 106 Å². The lowest BCUT2D eigenvalue weighted by molar-refractivity contribution is -0.137. The van der Waals surface area contributed by atoms with Crippen LogP contribution in [-0.2, 0) is 4.79 Å². The molecule has 1 unspecified atom stereocenters. The van der Waals surface area contributed by atoms with Gasteiger partial charge in [0.05, 0.1) is 5.52 Å². The monoisotopic (exact) mass is 244 g/mol. The van der Waals surface area contributed by atoms with Gasteiger partial charge in [-0.3, -0.25) is 4.98 Å². The van der Waals surface area contributed by atoms with Crippen LogP contribution >= 0.6 is 0 Å². The normalized spacial score (nSPS) is 12.3. The Morgan fingerprint density at radius 1 is 1.44 bits per heavy atom. The molecule has 1 heterocycles. The summed E-state index contributed by atoms with van der Waals surface area (Å²) in [4.78, 5) is 15.5. The lowest BCUT2D eigenvalue weighted by Crippen LogP contribution is -2.28. The first-order chi connectivity index (χ1) is 8.61. The van der Waals surface area contributed by atoms with E-state index >= 15 is 0 Å². The second-order valence-electron chi connectivity index (χ2n) is 4.27. The molecule has 2 aromatic rings. The van der Waals surface area contributed by atoms with E-state index in [0.717, 1.165) is 22.3 Å². The Kier molecular flexibility index (Phi) is 3.46. The highest BCUT2D eigenvalue weighted by atomic mass is 16.4. The van der Waals surface area contributed by atoms with Gasteiger partial charge in [0.2, 0.25) is 0 Å². The number of benzene rings is 1. The topological polar surface area (TPSA) is 62.2 Å². The number of aryl methyl sites for hydroxylation is 1. The number of anilines is 1. The Hall–Kier alpha value is -2.10. The van der Waals surface area contributed by atoms with E-state index in [4.69, 9.17) is 5.11 Å². The van der Waals surface area contributed by atoms with Crippen molar-refractivity contribution < 1.29 is 9.90 Å². The molecule has 1 aromatic carbocycles. The Morgan fingerprint density at radius 2 is 2.17 bits per heavy atom. The van der Waals surface area contributed by atoms with Gasteiger partial charge in [0.15, 0.2) is 0 Å². The number of nitrogens with zero attached hydrogens (tertiary/aromatic N) is 1. The highest BCUT2D eigenvalue weighted by molar-refractivity contribution is 5.93. The van der Waals surface area contributed by atoms with E-state index in [-0.39, 0.29) is 0 Å². The van der Waals surface area contributed by atoms with Crippen LogP contribution in [0.3, 0.4) is 0 Å². The predicted octanol–water partition coefficient (Wildman–Crippen LogP) is 2.82. The molecule has 0 saturated heterocycles. The lowest BCUT2D eigenvalue weighted by Gasteiger charge is -2.16. The molecule has 0 radical (unpaired) electrons. The fraction of sp³-hybridized carbons (Fsp3) is 0.286. The quantitative estimate of drug-likeness (QED) is 0.868.